The Hall–Kier alpha value is -2.47. The molecule has 7 nitrogen and oxygen atoms in total. The first-order valence-corrected chi connectivity index (χ1v) is 8.00. The number of unbranched alkanes of at least 4 members (excludes halogenated alkanes) is 1. The van der Waals surface area contributed by atoms with Crippen LogP contribution in [0.25, 0.3) is 0 Å². The number of amides is 1. The monoisotopic (exact) mass is 416 g/mol. The molecule has 1 aromatic rings. The van der Waals surface area contributed by atoms with Gasteiger partial charge in [0.1, 0.15) is 5.60 Å². The maximum Gasteiger partial charge on any atom is 0.437 e. The Bertz CT molecular complexity index is 713. The fraction of sp³-hybridized carbons (Fsp3) is 0.667. The number of hydrogen-bond acceptors (Lipinski definition) is 6. The van der Waals surface area contributed by atoms with Crippen molar-refractivity contribution in [2.45, 2.75) is 58.0 Å². The second-order valence-electron chi connectivity index (χ2n) is 6.63. The Labute approximate surface area is 155 Å². The van der Waals surface area contributed by atoms with Crippen LogP contribution in [0.1, 0.15) is 62.0 Å². The Morgan fingerprint density at radius 2 is 1.50 bits per heavy atom. The number of carbonyl (C=O) groups excluding carboxylic acids is 2. The Morgan fingerprint density at radius 1 is 0.929 bits per heavy atom. The highest BCUT2D eigenvalue weighted by molar-refractivity contribution is 5.90. The van der Waals surface area contributed by atoms with E-state index in [4.69, 9.17) is 4.74 Å². The van der Waals surface area contributed by atoms with Gasteiger partial charge >= 0.3 is 18.3 Å². The molecule has 0 spiro atoms. The van der Waals surface area contributed by atoms with Gasteiger partial charge in [-0.2, -0.15) is 26.3 Å². The van der Waals surface area contributed by atoms with E-state index >= 15 is 0 Å². The number of esters is 1. The van der Waals surface area contributed by atoms with Gasteiger partial charge in [-0.25, -0.2) is 4.98 Å². The normalized spacial score (nSPS) is 12.6. The summed E-state index contributed by atoms with van der Waals surface area (Å²) in [6.45, 7) is 5.02. The summed E-state index contributed by atoms with van der Waals surface area (Å²) in [4.78, 5) is 25.9. The van der Waals surface area contributed by atoms with E-state index in [2.05, 4.69) is 20.5 Å². The molecule has 13 heteroatoms. The Morgan fingerprint density at radius 3 is 2.00 bits per heavy atom. The van der Waals surface area contributed by atoms with Crippen molar-refractivity contribution in [3.63, 3.8) is 0 Å². The minimum atomic E-state index is -5.47. The molecule has 0 bridgehead atoms. The van der Waals surface area contributed by atoms with E-state index in [-0.39, 0.29) is 19.4 Å². The van der Waals surface area contributed by atoms with Crippen molar-refractivity contribution in [1.29, 1.82) is 0 Å². The lowest BCUT2D eigenvalue weighted by molar-refractivity contribution is -0.168. The van der Waals surface area contributed by atoms with E-state index in [9.17, 15) is 35.9 Å². The maximum atomic E-state index is 12.8. The predicted molar refractivity (Wildman–Crippen MR) is 81.9 cm³/mol. The second-order valence-corrected chi connectivity index (χ2v) is 6.63. The average molecular weight is 416 g/mol. The van der Waals surface area contributed by atoms with Crippen molar-refractivity contribution >= 4 is 11.9 Å². The third-order valence-electron chi connectivity index (χ3n) is 2.94. The van der Waals surface area contributed by atoms with Crippen LogP contribution in [0.5, 0.6) is 0 Å². The first-order chi connectivity index (χ1) is 12.6. The number of hydrogen-bond donors (Lipinski definition) is 1. The van der Waals surface area contributed by atoms with Crippen LogP contribution in [0.4, 0.5) is 26.3 Å². The first-order valence-electron chi connectivity index (χ1n) is 8.00. The molecule has 1 rings (SSSR count). The molecule has 0 atom stereocenters. The molecule has 1 N–H and O–H groups in total. The molecule has 0 unspecified atom stereocenters. The summed E-state index contributed by atoms with van der Waals surface area (Å²) in [5.74, 6) is -2.82. The molecule has 28 heavy (non-hydrogen) atoms. The molecule has 1 aromatic heterocycles. The van der Waals surface area contributed by atoms with Gasteiger partial charge in [0.05, 0.1) is 0 Å². The average Bonchev–Trinajstić information content (AvgIpc) is 2.50. The van der Waals surface area contributed by atoms with Gasteiger partial charge in [-0.05, 0) is 33.6 Å². The van der Waals surface area contributed by atoms with Gasteiger partial charge in [0.25, 0.3) is 5.91 Å². The summed E-state index contributed by atoms with van der Waals surface area (Å²) in [6, 6.07) is 0. The van der Waals surface area contributed by atoms with E-state index < -0.39 is 47.0 Å². The van der Waals surface area contributed by atoms with Crippen molar-refractivity contribution in [2.75, 3.05) is 6.54 Å². The molecule has 0 aliphatic heterocycles. The van der Waals surface area contributed by atoms with Gasteiger partial charge in [-0.1, -0.05) is 0 Å². The molecule has 0 radical (unpaired) electrons. The molecule has 158 valence electrons. The molecule has 0 aliphatic rings. The van der Waals surface area contributed by atoms with Crippen LogP contribution < -0.4 is 5.32 Å². The number of ether oxygens (including phenoxy) is 1. The molecule has 0 aliphatic carbocycles. The zero-order valence-corrected chi connectivity index (χ0v) is 15.2. The van der Waals surface area contributed by atoms with E-state index in [1.165, 1.54) is 0 Å². The Kier molecular flexibility index (Phi) is 7.32. The van der Waals surface area contributed by atoms with Crippen LogP contribution in [0.2, 0.25) is 0 Å². The van der Waals surface area contributed by atoms with Crippen molar-refractivity contribution in [3.05, 3.63) is 17.2 Å². The number of rotatable bonds is 6. The zero-order valence-electron chi connectivity index (χ0n) is 15.2. The van der Waals surface area contributed by atoms with Gasteiger partial charge in [0.15, 0.2) is 11.4 Å². The highest BCUT2D eigenvalue weighted by Crippen LogP contribution is 2.37. The summed E-state index contributed by atoms with van der Waals surface area (Å²) in [6.07, 6.45) is -10.3. The summed E-state index contributed by atoms with van der Waals surface area (Å²) < 4.78 is 81.1. The third kappa shape index (κ3) is 7.64. The molecule has 0 saturated carbocycles. The number of nitrogens with zero attached hydrogens (tertiary/aromatic N) is 3. The fourth-order valence-electron chi connectivity index (χ4n) is 1.88. The largest absolute Gasteiger partial charge is 0.460 e. The van der Waals surface area contributed by atoms with Crippen LogP contribution in [0, 0.1) is 0 Å². The summed E-state index contributed by atoms with van der Waals surface area (Å²) >= 11 is 0. The van der Waals surface area contributed by atoms with Gasteiger partial charge in [-0.3, -0.25) is 9.59 Å². The Balaban J connectivity index is 2.65. The minimum Gasteiger partial charge on any atom is -0.460 e. The second kappa shape index (κ2) is 8.69. The van der Waals surface area contributed by atoms with E-state index in [0.29, 0.717) is 6.42 Å². The smallest absolute Gasteiger partial charge is 0.437 e. The van der Waals surface area contributed by atoms with Gasteiger partial charge in [-0.15, -0.1) is 10.2 Å². The number of nitrogens with one attached hydrogen (secondary N) is 1. The standard InChI is InChI=1S/C15H18F6N4O3/c1-13(2,3)28-8(26)6-4-5-7-22-12(27)11-23-9(14(16,17)18)10(24-25-11)15(19,20)21/h4-7H2,1-3H3,(H,22,27). The fourth-order valence-corrected chi connectivity index (χ4v) is 1.88. The van der Waals surface area contributed by atoms with Crippen molar-refractivity contribution in [2.24, 2.45) is 0 Å². The van der Waals surface area contributed by atoms with Gasteiger partial charge in [0.2, 0.25) is 5.82 Å². The van der Waals surface area contributed by atoms with E-state index in [0.717, 1.165) is 0 Å². The minimum absolute atomic E-state index is 0.0592. The number of halogens is 6. The zero-order chi connectivity index (χ0) is 21.8. The summed E-state index contributed by atoms with van der Waals surface area (Å²) in [7, 11) is 0. The third-order valence-corrected chi connectivity index (χ3v) is 2.94. The van der Waals surface area contributed by atoms with E-state index in [1.807, 2.05) is 0 Å². The van der Waals surface area contributed by atoms with Gasteiger partial charge in [0, 0.05) is 13.0 Å². The number of aromatic nitrogens is 3. The van der Waals surface area contributed by atoms with E-state index in [1.54, 1.807) is 20.8 Å². The molecule has 0 fully saturated rings. The predicted octanol–water partition coefficient (Wildman–Crippen LogP) is 3.15. The lowest BCUT2D eigenvalue weighted by Gasteiger charge is -2.19. The van der Waals surface area contributed by atoms with Crippen LogP contribution in [-0.4, -0.2) is 39.2 Å². The molecular weight excluding hydrogens is 398 g/mol. The first kappa shape index (κ1) is 23.6. The van der Waals surface area contributed by atoms with Crippen LogP contribution in [0.3, 0.4) is 0 Å². The van der Waals surface area contributed by atoms with Gasteiger partial charge < -0.3 is 10.1 Å². The lowest BCUT2D eigenvalue weighted by Crippen LogP contribution is -2.30. The quantitative estimate of drug-likeness (QED) is 0.435. The highest BCUT2D eigenvalue weighted by atomic mass is 19.4. The van der Waals surface area contributed by atoms with Crippen LogP contribution in [0.15, 0.2) is 0 Å². The molecule has 1 amide bonds. The SMILES string of the molecule is CC(C)(C)OC(=O)CCCCNC(=O)c1nnc(C(F)(F)F)c(C(F)(F)F)n1. The molecule has 0 aromatic carbocycles. The molecule has 0 saturated heterocycles. The van der Waals surface area contributed by atoms with Crippen molar-refractivity contribution in [3.8, 4) is 0 Å². The number of alkyl halides is 6. The topological polar surface area (TPSA) is 94.1 Å². The number of carbonyl (C=O) groups is 2. The summed E-state index contributed by atoms with van der Waals surface area (Å²) in [5.41, 5.74) is -5.31. The molecule has 1 heterocycles. The molecular formula is C15H18F6N4O3. The van der Waals surface area contributed by atoms with Crippen molar-refractivity contribution < 1.29 is 40.7 Å². The van der Waals surface area contributed by atoms with Crippen LogP contribution in [-0.2, 0) is 21.9 Å². The highest BCUT2D eigenvalue weighted by Gasteiger charge is 2.47. The lowest BCUT2D eigenvalue weighted by atomic mass is 10.2. The van der Waals surface area contributed by atoms with Crippen LogP contribution >= 0.6 is 0 Å². The maximum absolute atomic E-state index is 12.8. The van der Waals surface area contributed by atoms with Crippen molar-refractivity contribution in [1.82, 2.24) is 20.5 Å². The summed E-state index contributed by atoms with van der Waals surface area (Å²) in [5, 5.41) is 7.43.